The van der Waals surface area contributed by atoms with Crippen LogP contribution in [0.2, 0.25) is 0 Å². The first-order valence-electron chi connectivity index (χ1n) is 8.41. The molecule has 0 unspecified atom stereocenters. The van der Waals surface area contributed by atoms with Crippen molar-refractivity contribution in [2.75, 3.05) is 6.61 Å². The van der Waals surface area contributed by atoms with E-state index in [9.17, 15) is 10.1 Å². The Morgan fingerprint density at radius 3 is 2.61 bits per heavy atom. The summed E-state index contributed by atoms with van der Waals surface area (Å²) in [6, 6.07) is 12.7. The fraction of sp³-hybridized carbons (Fsp3) is 0.579. The van der Waals surface area contributed by atoms with Crippen molar-refractivity contribution in [3.05, 3.63) is 35.9 Å². The fourth-order valence-corrected chi connectivity index (χ4v) is 3.44. The predicted molar refractivity (Wildman–Crippen MR) is 89.4 cm³/mol. The third-order valence-corrected chi connectivity index (χ3v) is 4.44. The van der Waals surface area contributed by atoms with E-state index in [2.05, 4.69) is 36.9 Å². The molecule has 0 amide bonds. The molecule has 124 valence electrons. The Morgan fingerprint density at radius 1 is 1.35 bits per heavy atom. The van der Waals surface area contributed by atoms with Gasteiger partial charge in [-0.25, -0.2) is 0 Å². The third-order valence-electron chi connectivity index (χ3n) is 4.44. The van der Waals surface area contributed by atoms with Crippen LogP contribution in [0.15, 0.2) is 30.3 Å². The van der Waals surface area contributed by atoms with Gasteiger partial charge in [0.1, 0.15) is 6.04 Å². The van der Waals surface area contributed by atoms with Gasteiger partial charge in [0, 0.05) is 18.5 Å². The number of nitrogens with zero attached hydrogens (tertiary/aromatic N) is 2. The summed E-state index contributed by atoms with van der Waals surface area (Å²) in [5.41, 5.74) is 1.20. The number of hydrogen-bond acceptors (Lipinski definition) is 4. The average Bonchev–Trinajstić information content (AvgIpc) is 2.53. The minimum atomic E-state index is -0.205. The maximum atomic E-state index is 11.9. The minimum absolute atomic E-state index is 0.0742. The van der Waals surface area contributed by atoms with Crippen molar-refractivity contribution in [1.29, 1.82) is 5.26 Å². The van der Waals surface area contributed by atoms with Crippen LogP contribution in [-0.2, 0) is 16.1 Å². The molecule has 23 heavy (non-hydrogen) atoms. The number of ether oxygens (including phenoxy) is 1. The maximum absolute atomic E-state index is 11.9. The van der Waals surface area contributed by atoms with Crippen molar-refractivity contribution in [3.63, 3.8) is 0 Å². The van der Waals surface area contributed by atoms with Gasteiger partial charge in [-0.3, -0.25) is 9.69 Å². The maximum Gasteiger partial charge on any atom is 0.306 e. The number of likely N-dealkylation sites (tertiary alicyclic amines) is 1. The number of rotatable bonds is 7. The summed E-state index contributed by atoms with van der Waals surface area (Å²) in [6.45, 7) is 7.33. The zero-order valence-electron chi connectivity index (χ0n) is 14.2. The number of benzene rings is 1. The molecule has 1 aliphatic heterocycles. The molecule has 0 N–H and O–H groups in total. The molecule has 2 rings (SSSR count). The molecule has 0 bridgehead atoms. The third kappa shape index (κ3) is 4.33. The van der Waals surface area contributed by atoms with Crippen molar-refractivity contribution < 1.29 is 9.53 Å². The number of carbonyl (C=O) groups excluding carboxylic acids is 1. The van der Waals surface area contributed by atoms with Gasteiger partial charge in [-0.05, 0) is 24.8 Å². The SMILES string of the molecule is CCOC(=O)C[C@@H]1[C@H](C#N)N(Cc2ccccc2)[C@H]1CC(C)C. The molecule has 1 aromatic carbocycles. The van der Waals surface area contributed by atoms with Crippen LogP contribution in [0.3, 0.4) is 0 Å². The van der Waals surface area contributed by atoms with Gasteiger partial charge >= 0.3 is 5.97 Å². The van der Waals surface area contributed by atoms with Crippen molar-refractivity contribution >= 4 is 5.97 Å². The first-order chi connectivity index (χ1) is 11.1. The fourth-order valence-electron chi connectivity index (χ4n) is 3.44. The van der Waals surface area contributed by atoms with Crippen molar-refractivity contribution in [2.24, 2.45) is 11.8 Å². The Morgan fingerprint density at radius 2 is 2.04 bits per heavy atom. The highest BCUT2D eigenvalue weighted by Crippen LogP contribution is 2.39. The molecule has 4 heteroatoms. The predicted octanol–water partition coefficient (Wildman–Crippen LogP) is 3.38. The lowest BCUT2D eigenvalue weighted by atomic mass is 9.74. The number of esters is 1. The molecule has 0 saturated carbocycles. The van der Waals surface area contributed by atoms with E-state index in [0.717, 1.165) is 13.0 Å². The highest BCUT2D eigenvalue weighted by atomic mass is 16.5. The lowest BCUT2D eigenvalue weighted by Crippen LogP contribution is -2.63. The number of nitriles is 1. The van der Waals surface area contributed by atoms with E-state index in [1.54, 1.807) is 0 Å². The van der Waals surface area contributed by atoms with Gasteiger partial charge in [-0.1, -0.05) is 44.2 Å². The molecule has 0 radical (unpaired) electrons. The van der Waals surface area contributed by atoms with Crippen LogP contribution in [0.1, 0.15) is 39.2 Å². The Balaban J connectivity index is 2.10. The van der Waals surface area contributed by atoms with E-state index in [-0.39, 0.29) is 24.0 Å². The summed E-state index contributed by atoms with van der Waals surface area (Å²) in [7, 11) is 0. The van der Waals surface area contributed by atoms with Crippen molar-refractivity contribution in [2.45, 2.75) is 52.2 Å². The van der Waals surface area contributed by atoms with Crippen LogP contribution in [0.25, 0.3) is 0 Å². The van der Waals surface area contributed by atoms with Crippen LogP contribution < -0.4 is 0 Å². The van der Waals surface area contributed by atoms with Crippen LogP contribution >= 0.6 is 0 Å². The standard InChI is InChI=1S/C19H26N2O2/c1-4-23-19(22)11-16-17(10-14(2)3)21(18(16)12-20)13-15-8-6-5-7-9-15/h5-9,14,16-18H,4,10-11,13H2,1-3H3/t16-,17-,18-/m0/s1. The monoisotopic (exact) mass is 314 g/mol. The molecule has 4 nitrogen and oxygen atoms in total. The molecule has 0 aliphatic carbocycles. The summed E-state index contributed by atoms with van der Waals surface area (Å²) in [5, 5.41) is 9.56. The molecule has 3 atom stereocenters. The van der Waals surface area contributed by atoms with Crippen LogP contribution in [0.4, 0.5) is 0 Å². The molecular weight excluding hydrogens is 288 g/mol. The Labute approximate surface area is 139 Å². The smallest absolute Gasteiger partial charge is 0.306 e. The summed E-state index contributed by atoms with van der Waals surface area (Å²) >= 11 is 0. The molecular formula is C19H26N2O2. The number of hydrogen-bond donors (Lipinski definition) is 0. The summed E-state index contributed by atoms with van der Waals surface area (Å²) in [5.74, 6) is 0.415. The molecule has 1 fully saturated rings. The van der Waals surface area contributed by atoms with Crippen molar-refractivity contribution in [3.8, 4) is 6.07 Å². The second kappa shape index (κ2) is 8.12. The zero-order valence-corrected chi connectivity index (χ0v) is 14.2. The molecule has 0 spiro atoms. The normalized spacial score (nSPS) is 24.0. The Kier molecular flexibility index (Phi) is 6.18. The van der Waals surface area contributed by atoms with Gasteiger partial charge in [-0.2, -0.15) is 5.26 Å². The van der Waals surface area contributed by atoms with E-state index in [4.69, 9.17) is 4.74 Å². The summed E-state index contributed by atoms with van der Waals surface area (Å²) in [4.78, 5) is 14.1. The molecule has 0 aromatic heterocycles. The lowest BCUT2D eigenvalue weighted by Gasteiger charge is -2.52. The van der Waals surface area contributed by atoms with E-state index in [0.29, 0.717) is 18.9 Å². The van der Waals surface area contributed by atoms with Gasteiger partial charge in [0.05, 0.1) is 19.1 Å². The van der Waals surface area contributed by atoms with E-state index in [1.807, 2.05) is 25.1 Å². The molecule has 1 saturated heterocycles. The highest BCUT2D eigenvalue weighted by molar-refractivity contribution is 5.70. The topological polar surface area (TPSA) is 53.3 Å². The second-order valence-electron chi connectivity index (χ2n) is 6.60. The second-order valence-corrected chi connectivity index (χ2v) is 6.60. The largest absolute Gasteiger partial charge is 0.466 e. The van der Waals surface area contributed by atoms with E-state index >= 15 is 0 Å². The first kappa shape index (κ1) is 17.5. The van der Waals surface area contributed by atoms with Gasteiger partial charge in [0.2, 0.25) is 0 Å². The van der Waals surface area contributed by atoms with Gasteiger partial charge in [0.25, 0.3) is 0 Å². The summed E-state index contributed by atoms with van der Waals surface area (Å²) in [6.07, 6.45) is 1.34. The summed E-state index contributed by atoms with van der Waals surface area (Å²) < 4.78 is 5.08. The van der Waals surface area contributed by atoms with Crippen molar-refractivity contribution in [1.82, 2.24) is 4.90 Å². The Hall–Kier alpha value is -1.86. The molecule has 1 aromatic rings. The lowest BCUT2D eigenvalue weighted by molar-refractivity contribution is -0.149. The van der Waals surface area contributed by atoms with Crippen LogP contribution in [0.5, 0.6) is 0 Å². The van der Waals surface area contributed by atoms with E-state index < -0.39 is 0 Å². The molecule has 1 aliphatic rings. The van der Waals surface area contributed by atoms with Crippen LogP contribution in [0, 0.1) is 23.2 Å². The van der Waals surface area contributed by atoms with Crippen LogP contribution in [-0.4, -0.2) is 29.6 Å². The highest BCUT2D eigenvalue weighted by Gasteiger charge is 2.49. The number of carbonyl (C=O) groups is 1. The zero-order chi connectivity index (χ0) is 16.8. The minimum Gasteiger partial charge on any atom is -0.466 e. The van der Waals surface area contributed by atoms with Gasteiger partial charge in [0.15, 0.2) is 0 Å². The van der Waals surface area contributed by atoms with Gasteiger partial charge in [-0.15, -0.1) is 0 Å². The van der Waals surface area contributed by atoms with Gasteiger partial charge < -0.3 is 4.74 Å². The Bertz CT molecular complexity index is 550. The molecule has 1 heterocycles. The quantitative estimate of drug-likeness (QED) is 0.724. The van der Waals surface area contributed by atoms with E-state index in [1.165, 1.54) is 5.56 Å². The first-order valence-corrected chi connectivity index (χ1v) is 8.41. The average molecular weight is 314 g/mol.